The van der Waals surface area contributed by atoms with Crippen molar-refractivity contribution in [2.75, 3.05) is 23.3 Å². The maximum atomic E-state index is 13.1. The van der Waals surface area contributed by atoms with Crippen LogP contribution in [-0.2, 0) is 17.9 Å². The lowest BCUT2D eigenvalue weighted by Crippen LogP contribution is -2.39. The molecule has 9 nitrogen and oxygen atoms in total. The maximum absolute atomic E-state index is 13.1. The van der Waals surface area contributed by atoms with E-state index < -0.39 is 0 Å². The van der Waals surface area contributed by atoms with E-state index in [4.69, 9.17) is 10.7 Å². The number of rotatable bonds is 6. The van der Waals surface area contributed by atoms with Crippen molar-refractivity contribution in [3.05, 3.63) is 53.3 Å². The van der Waals surface area contributed by atoms with Gasteiger partial charge in [-0.25, -0.2) is 4.98 Å². The van der Waals surface area contributed by atoms with Gasteiger partial charge in [0.1, 0.15) is 11.5 Å². The van der Waals surface area contributed by atoms with Gasteiger partial charge in [-0.05, 0) is 44.4 Å². The monoisotopic (exact) mass is 459 g/mol. The van der Waals surface area contributed by atoms with Gasteiger partial charge >= 0.3 is 0 Å². The first-order chi connectivity index (χ1) is 16.4. The molecule has 4 heterocycles. The fourth-order valence-corrected chi connectivity index (χ4v) is 4.64. The molecule has 1 fully saturated rings. The van der Waals surface area contributed by atoms with E-state index in [1.165, 1.54) is 0 Å². The normalized spacial score (nSPS) is 16.4. The van der Waals surface area contributed by atoms with Gasteiger partial charge in [-0.2, -0.15) is 4.98 Å². The van der Waals surface area contributed by atoms with Crippen molar-refractivity contribution in [1.29, 1.82) is 0 Å². The second kappa shape index (κ2) is 8.89. The molecule has 0 bridgehead atoms. The number of piperidine rings is 1. The van der Waals surface area contributed by atoms with Crippen molar-refractivity contribution < 1.29 is 9.59 Å². The molecule has 1 saturated heterocycles. The molecule has 0 atom stereocenters. The molecular formula is C25H29N7O2. The number of benzene rings is 1. The number of carbonyl (C=O) groups is 2. The molecule has 2 aliphatic rings. The first-order valence-electron chi connectivity index (χ1n) is 11.7. The number of hydrogen-bond donors (Lipinski definition) is 2. The number of pyridine rings is 1. The zero-order valence-corrected chi connectivity index (χ0v) is 19.5. The lowest BCUT2D eigenvalue weighted by atomic mass is 9.96. The van der Waals surface area contributed by atoms with Crippen LogP contribution in [0.5, 0.6) is 0 Å². The third kappa shape index (κ3) is 4.13. The molecule has 0 spiro atoms. The second-order valence-electron chi connectivity index (χ2n) is 9.28. The zero-order valence-electron chi connectivity index (χ0n) is 19.5. The summed E-state index contributed by atoms with van der Waals surface area (Å²) in [6.07, 6.45) is 3.18. The number of fused-ring (bicyclic) bond motifs is 2. The van der Waals surface area contributed by atoms with Crippen molar-refractivity contribution >= 4 is 34.5 Å². The number of anilines is 2. The number of nitrogens with one attached hydrogen (secondary N) is 1. The third-order valence-electron chi connectivity index (χ3n) is 6.70. The first-order valence-corrected chi connectivity index (χ1v) is 11.7. The Hall–Kier alpha value is -3.75. The number of carbonyl (C=O) groups excluding carboxylic acids is 2. The van der Waals surface area contributed by atoms with Crippen LogP contribution >= 0.6 is 0 Å². The average Bonchev–Trinajstić information content (AvgIpc) is 3.19. The number of nitrogens with zero attached hydrogens (tertiary/aromatic N) is 5. The van der Waals surface area contributed by atoms with Gasteiger partial charge in [0.2, 0.25) is 11.9 Å². The summed E-state index contributed by atoms with van der Waals surface area (Å²) in [5.41, 5.74) is 8.74. The lowest BCUT2D eigenvalue weighted by molar-refractivity contribution is -0.122. The maximum Gasteiger partial charge on any atom is 0.273 e. The van der Waals surface area contributed by atoms with Crippen LogP contribution in [0.4, 0.5) is 11.8 Å². The average molecular weight is 460 g/mol. The van der Waals surface area contributed by atoms with E-state index in [1.807, 2.05) is 54.1 Å². The van der Waals surface area contributed by atoms with Crippen LogP contribution in [0.2, 0.25) is 0 Å². The van der Waals surface area contributed by atoms with Crippen molar-refractivity contribution in [2.45, 2.75) is 45.8 Å². The number of hydrogen-bond acceptors (Lipinski definition) is 7. The van der Waals surface area contributed by atoms with Gasteiger partial charge in [-0.15, -0.1) is 0 Å². The highest BCUT2D eigenvalue weighted by atomic mass is 16.2. The minimum atomic E-state index is -0.261. The Morgan fingerprint density at radius 2 is 1.97 bits per heavy atom. The van der Waals surface area contributed by atoms with E-state index in [0.717, 1.165) is 22.0 Å². The van der Waals surface area contributed by atoms with Crippen LogP contribution in [0.3, 0.4) is 0 Å². The van der Waals surface area contributed by atoms with E-state index in [0.29, 0.717) is 56.5 Å². The molecule has 34 heavy (non-hydrogen) atoms. The minimum Gasteiger partial charge on any atom is -0.369 e. The highest BCUT2D eigenvalue weighted by Gasteiger charge is 2.35. The molecule has 176 valence electrons. The van der Waals surface area contributed by atoms with Crippen LogP contribution in [0.1, 0.15) is 48.3 Å². The summed E-state index contributed by atoms with van der Waals surface area (Å²) < 4.78 is 0. The predicted molar refractivity (Wildman–Crippen MR) is 130 cm³/mol. The van der Waals surface area contributed by atoms with E-state index in [9.17, 15) is 9.59 Å². The van der Waals surface area contributed by atoms with Gasteiger partial charge in [-0.3, -0.25) is 14.6 Å². The van der Waals surface area contributed by atoms with Crippen molar-refractivity contribution in [3.8, 4) is 0 Å². The summed E-state index contributed by atoms with van der Waals surface area (Å²) in [6, 6.07) is 10.2. The summed E-state index contributed by atoms with van der Waals surface area (Å²) in [4.78, 5) is 42.6. The van der Waals surface area contributed by atoms with E-state index >= 15 is 0 Å². The zero-order chi connectivity index (χ0) is 23.8. The van der Waals surface area contributed by atoms with Crippen molar-refractivity contribution in [2.24, 2.45) is 11.7 Å². The summed E-state index contributed by atoms with van der Waals surface area (Å²) in [5, 5.41) is 4.52. The molecule has 0 unspecified atom stereocenters. The molecule has 9 heteroatoms. The molecule has 5 rings (SSSR count). The van der Waals surface area contributed by atoms with Crippen molar-refractivity contribution in [3.63, 3.8) is 0 Å². The third-order valence-corrected chi connectivity index (χ3v) is 6.70. The summed E-state index contributed by atoms with van der Waals surface area (Å²) in [6.45, 7) is 6.26. The minimum absolute atomic E-state index is 0.0639. The van der Waals surface area contributed by atoms with Crippen LogP contribution in [0.15, 0.2) is 36.5 Å². The number of nitrogens with two attached hydrogens (primary N) is 1. The molecule has 1 aromatic carbocycles. The van der Waals surface area contributed by atoms with Gasteiger partial charge in [0.15, 0.2) is 0 Å². The highest BCUT2D eigenvalue weighted by Crippen LogP contribution is 2.32. The Kier molecular flexibility index (Phi) is 5.77. The van der Waals surface area contributed by atoms with E-state index in [-0.39, 0.29) is 23.8 Å². The molecule has 2 amide bonds. The molecule has 0 radical (unpaired) electrons. The molecule has 2 aromatic heterocycles. The second-order valence-corrected chi connectivity index (χ2v) is 9.28. The Labute approximate surface area is 198 Å². The molecule has 3 aromatic rings. The van der Waals surface area contributed by atoms with Crippen LogP contribution in [0, 0.1) is 5.92 Å². The first kappa shape index (κ1) is 22.1. The number of primary amides is 1. The van der Waals surface area contributed by atoms with E-state index in [2.05, 4.69) is 21.4 Å². The van der Waals surface area contributed by atoms with Crippen LogP contribution < -0.4 is 16.0 Å². The predicted octanol–water partition coefficient (Wildman–Crippen LogP) is 2.70. The number of para-hydroxylation sites is 1. The van der Waals surface area contributed by atoms with Gasteiger partial charge in [-0.1, -0.05) is 18.2 Å². The van der Waals surface area contributed by atoms with Gasteiger partial charge in [0.25, 0.3) is 5.91 Å². The Bertz CT molecular complexity index is 1250. The van der Waals surface area contributed by atoms with Gasteiger partial charge in [0, 0.05) is 48.7 Å². The Balaban J connectivity index is 1.43. The number of aromatic nitrogens is 3. The molecule has 3 N–H and O–H groups in total. The smallest absolute Gasteiger partial charge is 0.273 e. The van der Waals surface area contributed by atoms with Crippen LogP contribution in [0.25, 0.3) is 10.9 Å². The van der Waals surface area contributed by atoms with Crippen molar-refractivity contribution in [1.82, 2.24) is 19.9 Å². The largest absolute Gasteiger partial charge is 0.369 e. The molecule has 0 saturated carbocycles. The standard InChI is InChI=1S/C25H29N7O2/c1-15(2)32-14-19-21(24(32)34)29-25(31-9-7-17(8-10-31)22(26)33)30-23(19)28-13-16-11-18-5-3-4-6-20(18)27-12-16/h3-6,11-12,15,17H,7-10,13-14H2,1-2H3,(H2,26,33)(H,28,29,30). The Morgan fingerprint density at radius 3 is 2.71 bits per heavy atom. The van der Waals surface area contributed by atoms with Gasteiger partial charge < -0.3 is 20.9 Å². The Morgan fingerprint density at radius 1 is 1.21 bits per heavy atom. The highest BCUT2D eigenvalue weighted by molar-refractivity contribution is 5.98. The van der Waals surface area contributed by atoms with Crippen LogP contribution in [-0.4, -0.2) is 50.8 Å². The fourth-order valence-electron chi connectivity index (χ4n) is 4.64. The number of amides is 2. The van der Waals surface area contributed by atoms with Gasteiger partial charge in [0.05, 0.1) is 12.1 Å². The summed E-state index contributed by atoms with van der Waals surface area (Å²) in [5.74, 6) is 0.725. The van der Waals surface area contributed by atoms with E-state index in [1.54, 1.807) is 0 Å². The SMILES string of the molecule is CC(C)N1Cc2c(NCc3cnc4ccccc4c3)nc(N3CCC(C(N)=O)CC3)nc2C1=O. The molecule has 2 aliphatic heterocycles. The fraction of sp³-hybridized carbons (Fsp3) is 0.400. The summed E-state index contributed by atoms with van der Waals surface area (Å²) in [7, 11) is 0. The molecule has 0 aliphatic carbocycles. The lowest BCUT2D eigenvalue weighted by Gasteiger charge is -2.31. The quantitative estimate of drug-likeness (QED) is 0.582. The molecular weight excluding hydrogens is 430 g/mol. The topological polar surface area (TPSA) is 117 Å². The summed E-state index contributed by atoms with van der Waals surface area (Å²) >= 11 is 0.